The number of ether oxygens (including phenoxy) is 1. The molecule has 1 fully saturated rings. The Morgan fingerprint density at radius 1 is 1.35 bits per heavy atom. The third-order valence-corrected chi connectivity index (χ3v) is 4.32. The second-order valence-electron chi connectivity index (χ2n) is 5.59. The Hall–Kier alpha value is -1.13. The van der Waals surface area contributed by atoms with Gasteiger partial charge in [0.15, 0.2) is 0 Å². The average Bonchev–Trinajstić information content (AvgIpc) is 2.49. The molecule has 1 saturated heterocycles. The van der Waals surface area contributed by atoms with Crippen molar-refractivity contribution in [3.05, 3.63) is 29.1 Å². The van der Waals surface area contributed by atoms with E-state index in [2.05, 4.69) is 17.1 Å². The van der Waals surface area contributed by atoms with Crippen LogP contribution in [0, 0.1) is 12.7 Å². The molecule has 20 heavy (non-hydrogen) atoms. The quantitative estimate of drug-likeness (QED) is 0.917. The Labute approximate surface area is 121 Å². The fourth-order valence-electron chi connectivity index (χ4n) is 2.79. The van der Waals surface area contributed by atoms with E-state index in [1.54, 1.807) is 13.2 Å². The molecule has 1 aliphatic heterocycles. The molecule has 4 heteroatoms. The topological polar surface area (TPSA) is 24.5 Å². The van der Waals surface area contributed by atoms with Crippen LogP contribution in [0.2, 0.25) is 0 Å². The maximum absolute atomic E-state index is 13.9. The van der Waals surface area contributed by atoms with Crippen LogP contribution in [0.1, 0.15) is 36.9 Å². The van der Waals surface area contributed by atoms with Gasteiger partial charge >= 0.3 is 0 Å². The molecule has 0 spiro atoms. The molecule has 0 aliphatic carbocycles. The van der Waals surface area contributed by atoms with Crippen molar-refractivity contribution in [2.75, 3.05) is 32.1 Å². The van der Waals surface area contributed by atoms with Gasteiger partial charge in [0.1, 0.15) is 5.82 Å². The van der Waals surface area contributed by atoms with E-state index in [-0.39, 0.29) is 11.9 Å². The summed E-state index contributed by atoms with van der Waals surface area (Å²) in [5, 5.41) is 3.21. The van der Waals surface area contributed by atoms with Crippen LogP contribution >= 0.6 is 0 Å². The fourth-order valence-corrected chi connectivity index (χ4v) is 2.79. The molecular weight excluding hydrogens is 255 g/mol. The van der Waals surface area contributed by atoms with Crippen molar-refractivity contribution in [1.82, 2.24) is 5.32 Å². The molecular formula is C16H25FN2O. The Morgan fingerprint density at radius 2 is 2.00 bits per heavy atom. The highest BCUT2D eigenvalue weighted by Gasteiger charge is 2.23. The number of benzene rings is 1. The van der Waals surface area contributed by atoms with E-state index in [0.29, 0.717) is 11.7 Å². The minimum atomic E-state index is -0.127. The first kappa shape index (κ1) is 15.3. The minimum Gasteiger partial charge on any atom is -0.381 e. The zero-order valence-corrected chi connectivity index (χ0v) is 12.9. The zero-order valence-electron chi connectivity index (χ0n) is 12.9. The number of anilines is 1. The number of rotatable bonds is 4. The van der Waals surface area contributed by atoms with Gasteiger partial charge in [-0.1, -0.05) is 0 Å². The lowest BCUT2D eigenvalue weighted by molar-refractivity contribution is 0.0819. The molecule has 0 amide bonds. The number of methoxy groups -OCH3 is 1. The highest BCUT2D eigenvalue weighted by molar-refractivity contribution is 5.57. The van der Waals surface area contributed by atoms with Crippen molar-refractivity contribution in [3.8, 4) is 0 Å². The van der Waals surface area contributed by atoms with E-state index in [4.69, 9.17) is 4.74 Å². The fraction of sp³-hybridized carbons (Fsp3) is 0.625. The molecule has 1 heterocycles. The largest absolute Gasteiger partial charge is 0.381 e. The summed E-state index contributed by atoms with van der Waals surface area (Å²) in [6.07, 6.45) is 2.42. The Bertz CT molecular complexity index is 456. The first-order valence-electron chi connectivity index (χ1n) is 7.31. The number of hydrogen-bond donors (Lipinski definition) is 1. The summed E-state index contributed by atoms with van der Waals surface area (Å²) in [5.74, 6) is -0.127. The first-order valence-corrected chi connectivity index (χ1v) is 7.31. The van der Waals surface area contributed by atoms with Crippen LogP contribution in [0.3, 0.4) is 0 Å². The molecule has 1 aromatic rings. The van der Waals surface area contributed by atoms with Gasteiger partial charge in [-0.15, -0.1) is 0 Å². The van der Waals surface area contributed by atoms with E-state index in [0.717, 1.165) is 37.2 Å². The predicted octanol–water partition coefficient (Wildman–Crippen LogP) is 3.03. The van der Waals surface area contributed by atoms with Crippen molar-refractivity contribution < 1.29 is 9.13 Å². The summed E-state index contributed by atoms with van der Waals surface area (Å²) in [7, 11) is 3.68. The van der Waals surface area contributed by atoms with Crippen molar-refractivity contribution in [3.63, 3.8) is 0 Å². The molecule has 1 unspecified atom stereocenters. The van der Waals surface area contributed by atoms with Gasteiger partial charge in [-0.25, -0.2) is 4.39 Å². The number of nitrogens with zero attached hydrogens (tertiary/aromatic N) is 1. The van der Waals surface area contributed by atoms with Crippen molar-refractivity contribution in [2.45, 2.75) is 38.8 Å². The molecule has 0 saturated carbocycles. The molecule has 0 aromatic heterocycles. The minimum absolute atomic E-state index is 0.127. The smallest absolute Gasteiger partial charge is 0.126 e. The van der Waals surface area contributed by atoms with Crippen LogP contribution in [0.5, 0.6) is 0 Å². The van der Waals surface area contributed by atoms with Crippen molar-refractivity contribution in [1.29, 1.82) is 0 Å². The van der Waals surface area contributed by atoms with Crippen LogP contribution < -0.4 is 10.2 Å². The van der Waals surface area contributed by atoms with E-state index in [9.17, 15) is 4.39 Å². The van der Waals surface area contributed by atoms with Gasteiger partial charge in [0.05, 0.1) is 6.10 Å². The van der Waals surface area contributed by atoms with E-state index in [1.807, 2.05) is 20.0 Å². The summed E-state index contributed by atoms with van der Waals surface area (Å²) in [6, 6.07) is 3.79. The second-order valence-corrected chi connectivity index (χ2v) is 5.59. The van der Waals surface area contributed by atoms with Crippen LogP contribution in [0.15, 0.2) is 12.1 Å². The Morgan fingerprint density at radius 3 is 2.55 bits per heavy atom. The molecule has 1 aromatic carbocycles. The maximum atomic E-state index is 13.9. The molecule has 0 radical (unpaired) electrons. The number of hydrogen-bond acceptors (Lipinski definition) is 3. The normalized spacial score (nSPS) is 18.4. The standard InChI is InChI=1S/C16H25FN2O/c1-11-9-16(14(10-15(11)17)12(2)18-3)19-7-5-13(20-4)6-8-19/h9-10,12-13,18H,5-8H2,1-4H3. The monoisotopic (exact) mass is 280 g/mol. The van der Waals surface area contributed by atoms with E-state index in [1.165, 1.54) is 0 Å². The molecule has 112 valence electrons. The first-order chi connectivity index (χ1) is 9.56. The Kier molecular flexibility index (Phi) is 5.00. The number of piperidine rings is 1. The van der Waals surface area contributed by atoms with Crippen LogP contribution in [-0.2, 0) is 4.74 Å². The van der Waals surface area contributed by atoms with Crippen LogP contribution in [-0.4, -0.2) is 33.4 Å². The third kappa shape index (κ3) is 3.13. The van der Waals surface area contributed by atoms with Gasteiger partial charge in [0, 0.05) is 31.9 Å². The predicted molar refractivity (Wildman–Crippen MR) is 80.9 cm³/mol. The van der Waals surface area contributed by atoms with Gasteiger partial charge in [-0.2, -0.15) is 0 Å². The lowest BCUT2D eigenvalue weighted by atomic mass is 9.99. The van der Waals surface area contributed by atoms with Gasteiger partial charge in [0.2, 0.25) is 0 Å². The highest BCUT2D eigenvalue weighted by atomic mass is 19.1. The number of halogens is 1. The molecule has 0 bridgehead atoms. The van der Waals surface area contributed by atoms with Gasteiger partial charge < -0.3 is 15.0 Å². The SMILES string of the molecule is CNC(C)c1cc(F)c(C)cc1N1CCC(OC)CC1. The number of nitrogens with one attached hydrogen (secondary N) is 1. The van der Waals surface area contributed by atoms with Crippen LogP contribution in [0.4, 0.5) is 10.1 Å². The van der Waals surface area contributed by atoms with E-state index >= 15 is 0 Å². The van der Waals surface area contributed by atoms with Crippen molar-refractivity contribution in [2.24, 2.45) is 0 Å². The highest BCUT2D eigenvalue weighted by Crippen LogP contribution is 2.31. The lowest BCUT2D eigenvalue weighted by Crippen LogP contribution is -2.37. The third-order valence-electron chi connectivity index (χ3n) is 4.32. The van der Waals surface area contributed by atoms with Crippen LogP contribution in [0.25, 0.3) is 0 Å². The summed E-state index contributed by atoms with van der Waals surface area (Å²) in [6.45, 7) is 5.82. The maximum Gasteiger partial charge on any atom is 0.126 e. The molecule has 1 aliphatic rings. The lowest BCUT2D eigenvalue weighted by Gasteiger charge is -2.35. The zero-order chi connectivity index (χ0) is 14.7. The molecule has 2 rings (SSSR count). The summed E-state index contributed by atoms with van der Waals surface area (Å²) in [5.41, 5.74) is 2.90. The molecule has 1 atom stereocenters. The van der Waals surface area contributed by atoms with Gasteiger partial charge in [-0.3, -0.25) is 0 Å². The second kappa shape index (κ2) is 6.55. The van der Waals surface area contributed by atoms with Crippen molar-refractivity contribution >= 4 is 5.69 Å². The summed E-state index contributed by atoms with van der Waals surface area (Å²) < 4.78 is 19.3. The average molecular weight is 280 g/mol. The van der Waals surface area contributed by atoms with E-state index < -0.39 is 0 Å². The summed E-state index contributed by atoms with van der Waals surface area (Å²) in [4.78, 5) is 2.35. The molecule has 1 N–H and O–H groups in total. The molecule has 3 nitrogen and oxygen atoms in total. The Balaban J connectivity index is 2.28. The summed E-state index contributed by atoms with van der Waals surface area (Å²) >= 11 is 0. The van der Waals surface area contributed by atoms with Gasteiger partial charge in [0.25, 0.3) is 0 Å². The number of aryl methyl sites for hydroxylation is 1. The van der Waals surface area contributed by atoms with Gasteiger partial charge in [-0.05, 0) is 57.0 Å².